The Morgan fingerprint density at radius 2 is 1.89 bits per heavy atom. The molecule has 0 spiro atoms. The highest BCUT2D eigenvalue weighted by Gasteiger charge is 2.16. The third-order valence-electron chi connectivity index (χ3n) is 4.26. The number of hydrogen-bond acceptors (Lipinski definition) is 4. The fraction of sp³-hybridized carbons (Fsp3) is 0.0500. The number of aromatic nitrogens is 3. The van der Waals surface area contributed by atoms with E-state index in [1.165, 1.54) is 15.2 Å². The van der Waals surface area contributed by atoms with Crippen LogP contribution < -0.4 is 11.0 Å². The van der Waals surface area contributed by atoms with Gasteiger partial charge in [0.1, 0.15) is 0 Å². The number of pyridine rings is 2. The maximum atomic E-state index is 12.8. The summed E-state index contributed by atoms with van der Waals surface area (Å²) < 4.78 is 2.86. The van der Waals surface area contributed by atoms with Gasteiger partial charge in [-0.3, -0.25) is 14.6 Å². The summed E-state index contributed by atoms with van der Waals surface area (Å²) in [6, 6.07) is 12.3. The average Bonchev–Trinajstić information content (AvgIpc) is 2.67. The SMILES string of the molecule is Cl.O=c1c(-c2ccccn2)cn2ccn(Cc3cccc(Cl)c3)c(=O)c2c1O. The van der Waals surface area contributed by atoms with Crippen molar-refractivity contribution in [1.29, 1.82) is 0 Å². The van der Waals surface area contributed by atoms with E-state index in [9.17, 15) is 14.7 Å². The lowest BCUT2D eigenvalue weighted by molar-refractivity contribution is 0.472. The van der Waals surface area contributed by atoms with Crippen LogP contribution in [0.4, 0.5) is 0 Å². The first-order valence-electron chi connectivity index (χ1n) is 8.18. The van der Waals surface area contributed by atoms with Crippen LogP contribution in [0, 0.1) is 0 Å². The molecule has 8 heteroatoms. The van der Waals surface area contributed by atoms with Gasteiger partial charge in [0.05, 0.1) is 17.8 Å². The van der Waals surface area contributed by atoms with Crippen molar-refractivity contribution in [3.8, 4) is 17.0 Å². The molecule has 0 radical (unpaired) electrons. The number of benzene rings is 1. The Bertz CT molecular complexity index is 1270. The zero-order chi connectivity index (χ0) is 19.0. The second-order valence-corrected chi connectivity index (χ2v) is 6.49. The molecule has 28 heavy (non-hydrogen) atoms. The Morgan fingerprint density at radius 3 is 2.61 bits per heavy atom. The summed E-state index contributed by atoms with van der Waals surface area (Å²) in [7, 11) is 0. The van der Waals surface area contributed by atoms with Crippen LogP contribution in [-0.4, -0.2) is 19.1 Å². The molecule has 0 saturated carbocycles. The summed E-state index contributed by atoms with van der Waals surface area (Å²) in [6.45, 7) is 0.269. The average molecular weight is 416 g/mol. The smallest absolute Gasteiger partial charge is 0.279 e. The fourth-order valence-electron chi connectivity index (χ4n) is 2.97. The van der Waals surface area contributed by atoms with E-state index < -0.39 is 16.7 Å². The van der Waals surface area contributed by atoms with Gasteiger partial charge in [-0.15, -0.1) is 12.4 Å². The summed E-state index contributed by atoms with van der Waals surface area (Å²) in [5.41, 5.74) is 0.295. The number of fused-ring (bicyclic) bond motifs is 1. The summed E-state index contributed by atoms with van der Waals surface area (Å²) in [5, 5.41) is 11.0. The van der Waals surface area contributed by atoms with Crippen molar-refractivity contribution in [3.63, 3.8) is 0 Å². The van der Waals surface area contributed by atoms with Gasteiger partial charge in [-0.05, 0) is 29.8 Å². The van der Waals surface area contributed by atoms with Gasteiger partial charge in [0.25, 0.3) is 5.56 Å². The number of aromatic hydroxyl groups is 1. The maximum absolute atomic E-state index is 12.8. The molecule has 0 saturated heterocycles. The van der Waals surface area contributed by atoms with E-state index in [0.717, 1.165) is 5.56 Å². The third-order valence-corrected chi connectivity index (χ3v) is 4.50. The van der Waals surface area contributed by atoms with Gasteiger partial charge in [-0.2, -0.15) is 0 Å². The first-order valence-corrected chi connectivity index (χ1v) is 8.55. The minimum absolute atomic E-state index is 0. The van der Waals surface area contributed by atoms with Crippen molar-refractivity contribution in [2.24, 2.45) is 0 Å². The molecule has 1 aromatic carbocycles. The normalized spacial score (nSPS) is 10.6. The Balaban J connectivity index is 0.00000225. The van der Waals surface area contributed by atoms with Crippen molar-refractivity contribution in [3.05, 3.63) is 98.4 Å². The van der Waals surface area contributed by atoms with E-state index in [2.05, 4.69) is 4.98 Å². The highest BCUT2D eigenvalue weighted by atomic mass is 35.5. The molecule has 0 fully saturated rings. The minimum Gasteiger partial charge on any atom is -0.503 e. The van der Waals surface area contributed by atoms with Crippen LogP contribution in [0.15, 0.2) is 76.8 Å². The molecule has 0 unspecified atom stereocenters. The molecule has 0 aliphatic heterocycles. The van der Waals surface area contributed by atoms with Crippen LogP contribution in [0.1, 0.15) is 5.56 Å². The zero-order valence-corrected chi connectivity index (χ0v) is 16.0. The molecule has 6 nitrogen and oxygen atoms in total. The standard InChI is InChI=1S/C20H14ClN3O3.ClH/c21-14-5-3-4-13(10-14)11-24-9-8-23-12-15(16-6-1-2-7-22-16)18(25)19(26)17(23)20(24)27;/h1-10,12,26H,11H2;1H. The third kappa shape index (κ3) is 3.52. The van der Waals surface area contributed by atoms with E-state index in [-0.39, 0.29) is 30.0 Å². The van der Waals surface area contributed by atoms with E-state index in [0.29, 0.717) is 10.7 Å². The molecule has 4 aromatic rings. The quantitative estimate of drug-likeness (QED) is 0.556. The predicted molar refractivity (Wildman–Crippen MR) is 111 cm³/mol. The Kier molecular flexibility index (Phi) is 5.53. The predicted octanol–water partition coefficient (Wildman–Crippen LogP) is 3.35. The summed E-state index contributed by atoms with van der Waals surface area (Å²) >= 11 is 5.99. The zero-order valence-electron chi connectivity index (χ0n) is 14.4. The molecule has 0 bridgehead atoms. The first kappa shape index (κ1) is 19.7. The van der Waals surface area contributed by atoms with Crippen molar-refractivity contribution in [2.75, 3.05) is 0 Å². The first-order chi connectivity index (χ1) is 13.0. The van der Waals surface area contributed by atoms with Crippen LogP contribution in [0.2, 0.25) is 5.02 Å². The molecule has 4 rings (SSSR count). The fourth-order valence-corrected chi connectivity index (χ4v) is 3.18. The molecule has 0 aliphatic rings. The van der Waals surface area contributed by atoms with Gasteiger partial charge >= 0.3 is 0 Å². The van der Waals surface area contributed by atoms with Crippen LogP contribution in [-0.2, 0) is 6.54 Å². The topological polar surface area (TPSA) is 76.6 Å². The largest absolute Gasteiger partial charge is 0.503 e. The molecular formula is C20H15Cl2N3O3. The molecule has 3 heterocycles. The van der Waals surface area contributed by atoms with Crippen molar-refractivity contribution < 1.29 is 5.11 Å². The number of hydrogen-bond donors (Lipinski definition) is 1. The molecule has 0 aliphatic carbocycles. The molecular weight excluding hydrogens is 401 g/mol. The molecule has 0 amide bonds. The summed E-state index contributed by atoms with van der Waals surface area (Å²) in [5.74, 6) is -0.594. The maximum Gasteiger partial charge on any atom is 0.279 e. The highest BCUT2D eigenvalue weighted by Crippen LogP contribution is 2.18. The van der Waals surface area contributed by atoms with E-state index in [4.69, 9.17) is 11.6 Å². The Morgan fingerprint density at radius 1 is 1.07 bits per heavy atom. The lowest BCUT2D eigenvalue weighted by Gasteiger charge is -2.11. The van der Waals surface area contributed by atoms with Crippen molar-refractivity contribution in [2.45, 2.75) is 6.54 Å². The molecule has 1 N–H and O–H groups in total. The van der Waals surface area contributed by atoms with Gasteiger partial charge in [0.15, 0.2) is 11.3 Å². The molecule has 3 aromatic heterocycles. The number of nitrogens with zero attached hydrogens (tertiary/aromatic N) is 3. The second kappa shape index (κ2) is 7.88. The summed E-state index contributed by atoms with van der Waals surface area (Å²) in [6.07, 6.45) is 6.28. The van der Waals surface area contributed by atoms with Gasteiger partial charge in [0.2, 0.25) is 5.43 Å². The number of halogens is 2. The van der Waals surface area contributed by atoms with Gasteiger partial charge in [-0.25, -0.2) is 0 Å². The molecule has 0 atom stereocenters. The Hall–Kier alpha value is -3.09. The van der Waals surface area contributed by atoms with Crippen molar-refractivity contribution in [1.82, 2.24) is 14.0 Å². The van der Waals surface area contributed by atoms with Crippen LogP contribution in [0.5, 0.6) is 5.75 Å². The van der Waals surface area contributed by atoms with Gasteiger partial charge in [-0.1, -0.05) is 29.8 Å². The lowest BCUT2D eigenvalue weighted by atomic mass is 10.1. The highest BCUT2D eigenvalue weighted by molar-refractivity contribution is 6.30. The van der Waals surface area contributed by atoms with Crippen LogP contribution >= 0.6 is 24.0 Å². The minimum atomic E-state index is -0.633. The monoisotopic (exact) mass is 415 g/mol. The molecule has 142 valence electrons. The summed E-state index contributed by atoms with van der Waals surface area (Å²) in [4.78, 5) is 29.6. The van der Waals surface area contributed by atoms with E-state index >= 15 is 0 Å². The van der Waals surface area contributed by atoms with Gasteiger partial charge in [0, 0.05) is 29.8 Å². The number of rotatable bonds is 3. The lowest BCUT2D eigenvalue weighted by Crippen LogP contribution is -2.24. The van der Waals surface area contributed by atoms with Crippen LogP contribution in [0.25, 0.3) is 16.8 Å². The van der Waals surface area contributed by atoms with Gasteiger partial charge < -0.3 is 14.1 Å². The van der Waals surface area contributed by atoms with Crippen molar-refractivity contribution >= 4 is 29.5 Å². The van der Waals surface area contributed by atoms with Crippen LogP contribution in [0.3, 0.4) is 0 Å². The van der Waals surface area contributed by atoms with E-state index in [1.807, 2.05) is 6.07 Å². The second-order valence-electron chi connectivity index (χ2n) is 6.05. The van der Waals surface area contributed by atoms with E-state index in [1.54, 1.807) is 55.0 Å². The Labute approximate surface area is 170 Å².